The van der Waals surface area contributed by atoms with Gasteiger partial charge in [0.2, 0.25) is 5.91 Å². The maximum absolute atomic E-state index is 12.7. The number of nitrogens with one attached hydrogen (secondary N) is 1. The number of rotatable bonds is 5. The van der Waals surface area contributed by atoms with E-state index in [0.717, 1.165) is 23.0 Å². The Labute approximate surface area is 146 Å². The number of aromatic nitrogens is 3. The van der Waals surface area contributed by atoms with Gasteiger partial charge < -0.3 is 5.32 Å². The van der Waals surface area contributed by atoms with E-state index in [1.165, 1.54) is 11.6 Å². The second-order valence-electron chi connectivity index (χ2n) is 6.65. The highest BCUT2D eigenvalue weighted by molar-refractivity contribution is 6.02. The Balaban J connectivity index is 2.83. The first-order valence-corrected chi connectivity index (χ1v) is 8.63. The summed E-state index contributed by atoms with van der Waals surface area (Å²) in [5.41, 5.74) is 0.625. The zero-order valence-electron chi connectivity index (χ0n) is 15.7. The highest BCUT2D eigenvalue weighted by Crippen LogP contribution is 2.29. The molecule has 2 rings (SSSR count). The second kappa shape index (κ2) is 7.21. The highest BCUT2D eigenvalue weighted by Gasteiger charge is 2.22. The van der Waals surface area contributed by atoms with E-state index in [0.29, 0.717) is 5.69 Å². The summed E-state index contributed by atoms with van der Waals surface area (Å²) in [5.74, 6) is -0.175. The minimum absolute atomic E-state index is 0.0656. The van der Waals surface area contributed by atoms with Gasteiger partial charge in [-0.25, -0.2) is 9.78 Å². The van der Waals surface area contributed by atoms with Crippen molar-refractivity contribution in [3.8, 4) is 0 Å². The van der Waals surface area contributed by atoms with Crippen LogP contribution in [0, 0.1) is 5.92 Å². The molecule has 2 heterocycles. The molecule has 0 fully saturated rings. The van der Waals surface area contributed by atoms with Gasteiger partial charge in [-0.3, -0.25) is 18.7 Å². The van der Waals surface area contributed by atoms with Crippen LogP contribution < -0.4 is 16.6 Å². The van der Waals surface area contributed by atoms with Crippen LogP contribution in [0.15, 0.2) is 15.8 Å². The lowest BCUT2D eigenvalue weighted by Gasteiger charge is -2.19. The first-order valence-electron chi connectivity index (χ1n) is 8.63. The fourth-order valence-corrected chi connectivity index (χ4v) is 3.00. The normalized spacial score (nSPS) is 11.5. The van der Waals surface area contributed by atoms with Crippen LogP contribution in [0.3, 0.4) is 0 Å². The van der Waals surface area contributed by atoms with E-state index in [4.69, 9.17) is 0 Å². The molecule has 0 radical (unpaired) electrons. The van der Waals surface area contributed by atoms with Gasteiger partial charge in [0, 0.05) is 26.2 Å². The molecule has 0 aliphatic heterocycles. The summed E-state index contributed by atoms with van der Waals surface area (Å²) in [4.78, 5) is 41.8. The standard InChI is InChI=1S/C18H26N4O3/c1-7-11(8-2)16(23)20-14-12(10(3)4)9-19-15-13(14)17(24)22(6)18(25)21(15)5/h9-11H,7-8H2,1-6H3,(H,19,20,23). The molecule has 0 bridgehead atoms. The van der Waals surface area contributed by atoms with Crippen molar-refractivity contribution in [1.82, 2.24) is 14.1 Å². The molecule has 0 aromatic carbocycles. The average molecular weight is 346 g/mol. The summed E-state index contributed by atoms with van der Waals surface area (Å²) in [7, 11) is 3.00. The largest absolute Gasteiger partial charge is 0.332 e. The summed E-state index contributed by atoms with van der Waals surface area (Å²) in [5, 5.41) is 3.22. The highest BCUT2D eigenvalue weighted by atomic mass is 16.2. The van der Waals surface area contributed by atoms with E-state index in [2.05, 4.69) is 10.3 Å². The Hall–Kier alpha value is -2.44. The molecule has 0 saturated carbocycles. The van der Waals surface area contributed by atoms with Gasteiger partial charge in [-0.05, 0) is 24.3 Å². The van der Waals surface area contributed by atoms with Gasteiger partial charge in [0.15, 0.2) is 5.65 Å². The quantitative estimate of drug-likeness (QED) is 0.898. The van der Waals surface area contributed by atoms with Crippen LogP contribution in [0.4, 0.5) is 5.69 Å². The van der Waals surface area contributed by atoms with Crippen molar-refractivity contribution in [2.24, 2.45) is 20.0 Å². The van der Waals surface area contributed by atoms with E-state index in [1.54, 1.807) is 13.2 Å². The Morgan fingerprint density at radius 3 is 2.28 bits per heavy atom. The second-order valence-corrected chi connectivity index (χ2v) is 6.65. The molecule has 1 amide bonds. The number of amides is 1. The van der Waals surface area contributed by atoms with Crippen LogP contribution in [-0.4, -0.2) is 20.0 Å². The number of nitrogens with zero attached hydrogens (tertiary/aromatic N) is 3. The monoisotopic (exact) mass is 346 g/mol. The van der Waals surface area contributed by atoms with Crippen molar-refractivity contribution in [3.05, 3.63) is 32.6 Å². The summed E-state index contributed by atoms with van der Waals surface area (Å²) in [6.45, 7) is 7.87. The average Bonchev–Trinajstić information content (AvgIpc) is 2.58. The molecule has 0 aliphatic rings. The Kier molecular flexibility index (Phi) is 5.45. The van der Waals surface area contributed by atoms with Gasteiger partial charge in [0.05, 0.1) is 5.69 Å². The van der Waals surface area contributed by atoms with Crippen molar-refractivity contribution >= 4 is 22.6 Å². The Morgan fingerprint density at radius 2 is 1.76 bits per heavy atom. The minimum Gasteiger partial charge on any atom is -0.325 e. The Bertz CT molecular complexity index is 921. The number of aryl methyl sites for hydroxylation is 1. The Morgan fingerprint density at radius 1 is 1.16 bits per heavy atom. The lowest BCUT2D eigenvalue weighted by atomic mass is 9.99. The maximum atomic E-state index is 12.7. The van der Waals surface area contributed by atoms with Crippen LogP contribution in [0.1, 0.15) is 52.0 Å². The van der Waals surface area contributed by atoms with Crippen LogP contribution in [-0.2, 0) is 18.9 Å². The molecule has 1 N–H and O–H groups in total. The summed E-state index contributed by atoms with van der Waals surface area (Å²) >= 11 is 0. The van der Waals surface area contributed by atoms with E-state index in [-0.39, 0.29) is 28.8 Å². The number of hydrogen-bond donors (Lipinski definition) is 1. The molecule has 0 atom stereocenters. The van der Waals surface area contributed by atoms with Crippen LogP contribution in [0.5, 0.6) is 0 Å². The van der Waals surface area contributed by atoms with Crippen molar-refractivity contribution in [3.63, 3.8) is 0 Å². The predicted molar refractivity (Wildman–Crippen MR) is 99.0 cm³/mol. The molecule has 0 aliphatic carbocycles. The van der Waals surface area contributed by atoms with Crippen molar-refractivity contribution in [1.29, 1.82) is 0 Å². The SMILES string of the molecule is CCC(CC)C(=O)Nc1c(C(C)C)cnc2c1c(=O)n(C)c(=O)n2C. The minimum atomic E-state index is -0.451. The summed E-state index contributed by atoms with van der Waals surface area (Å²) < 4.78 is 2.37. The smallest absolute Gasteiger partial charge is 0.325 e. The summed E-state index contributed by atoms with van der Waals surface area (Å²) in [6, 6.07) is 0. The first-order chi connectivity index (χ1) is 11.7. The van der Waals surface area contributed by atoms with Gasteiger partial charge in [0.25, 0.3) is 5.56 Å². The van der Waals surface area contributed by atoms with Gasteiger partial charge in [-0.2, -0.15) is 0 Å². The number of carbonyl (C=O) groups is 1. The fourth-order valence-electron chi connectivity index (χ4n) is 3.00. The third-order valence-electron chi connectivity index (χ3n) is 4.72. The molecule has 2 aromatic rings. The lowest BCUT2D eigenvalue weighted by molar-refractivity contribution is -0.120. The molecular formula is C18H26N4O3. The van der Waals surface area contributed by atoms with Crippen LogP contribution in [0.25, 0.3) is 11.0 Å². The summed E-state index contributed by atoms with van der Waals surface area (Å²) in [6.07, 6.45) is 3.08. The number of anilines is 1. The molecule has 7 nitrogen and oxygen atoms in total. The third-order valence-corrected chi connectivity index (χ3v) is 4.72. The van der Waals surface area contributed by atoms with E-state index >= 15 is 0 Å². The van der Waals surface area contributed by atoms with Crippen molar-refractivity contribution in [2.45, 2.75) is 46.5 Å². The maximum Gasteiger partial charge on any atom is 0.332 e. The van der Waals surface area contributed by atoms with Gasteiger partial charge in [-0.1, -0.05) is 27.7 Å². The molecule has 7 heteroatoms. The topological polar surface area (TPSA) is 86.0 Å². The fraction of sp³-hybridized carbons (Fsp3) is 0.556. The number of pyridine rings is 1. The van der Waals surface area contributed by atoms with E-state index in [9.17, 15) is 14.4 Å². The zero-order valence-corrected chi connectivity index (χ0v) is 15.7. The van der Waals surface area contributed by atoms with Crippen molar-refractivity contribution in [2.75, 3.05) is 5.32 Å². The molecule has 0 spiro atoms. The lowest BCUT2D eigenvalue weighted by Crippen LogP contribution is -2.38. The molecule has 25 heavy (non-hydrogen) atoms. The van der Waals surface area contributed by atoms with E-state index in [1.807, 2.05) is 27.7 Å². The number of hydrogen-bond acceptors (Lipinski definition) is 4. The van der Waals surface area contributed by atoms with Crippen LogP contribution >= 0.6 is 0 Å². The molecular weight excluding hydrogens is 320 g/mol. The van der Waals surface area contributed by atoms with E-state index < -0.39 is 11.2 Å². The number of fused-ring (bicyclic) bond motifs is 1. The molecule has 0 unspecified atom stereocenters. The predicted octanol–water partition coefficient (Wildman–Crippen LogP) is 2.13. The molecule has 0 saturated heterocycles. The third kappa shape index (κ3) is 3.23. The van der Waals surface area contributed by atoms with Crippen LogP contribution in [0.2, 0.25) is 0 Å². The molecule has 2 aromatic heterocycles. The van der Waals surface area contributed by atoms with Gasteiger partial charge in [-0.15, -0.1) is 0 Å². The first kappa shape index (κ1) is 18.9. The zero-order chi connectivity index (χ0) is 18.9. The molecule has 136 valence electrons. The number of carbonyl (C=O) groups excluding carboxylic acids is 1. The van der Waals surface area contributed by atoms with Crippen molar-refractivity contribution < 1.29 is 4.79 Å². The van der Waals surface area contributed by atoms with Gasteiger partial charge >= 0.3 is 5.69 Å². The van der Waals surface area contributed by atoms with Gasteiger partial charge in [0.1, 0.15) is 5.39 Å².